The van der Waals surface area contributed by atoms with Crippen molar-refractivity contribution in [2.45, 2.75) is 51.7 Å². The van der Waals surface area contributed by atoms with Crippen LogP contribution in [0.2, 0.25) is 10.0 Å². The minimum atomic E-state index is -0.564. The van der Waals surface area contributed by atoms with Crippen LogP contribution in [0.5, 0.6) is 5.75 Å². The Kier molecular flexibility index (Phi) is 9.09. The van der Waals surface area contributed by atoms with Crippen LogP contribution in [0.4, 0.5) is 0 Å². The van der Waals surface area contributed by atoms with Gasteiger partial charge in [-0.3, -0.25) is 0 Å². The van der Waals surface area contributed by atoms with E-state index in [1.807, 2.05) is 0 Å². The predicted molar refractivity (Wildman–Crippen MR) is 89.6 cm³/mol. The summed E-state index contributed by atoms with van der Waals surface area (Å²) in [5, 5.41) is 14.3. The highest BCUT2D eigenvalue weighted by Gasteiger charge is 2.09. The maximum Gasteiger partial charge on any atom is 0.138 e. The number of unbranched alkanes of at least 4 members (excludes halogenated alkanes) is 2. The predicted octanol–water partition coefficient (Wildman–Crippen LogP) is 4.29. The van der Waals surface area contributed by atoms with Gasteiger partial charge in [0, 0.05) is 17.6 Å². The molecule has 120 valence electrons. The van der Waals surface area contributed by atoms with E-state index in [9.17, 15) is 5.11 Å². The Balaban J connectivity index is 2.23. The summed E-state index contributed by atoms with van der Waals surface area (Å²) < 4.78 is 5.50. The van der Waals surface area contributed by atoms with Crippen molar-refractivity contribution in [1.82, 2.24) is 5.32 Å². The van der Waals surface area contributed by atoms with E-state index in [0.717, 1.165) is 6.42 Å². The van der Waals surface area contributed by atoms with Crippen molar-refractivity contribution in [2.75, 3.05) is 13.2 Å². The standard InChI is InChI=1S/C16H25Cl2NO2/c1-3-4-5-6-12(2)19-10-14(20)11-21-16-8-7-13(17)9-15(16)18/h7-9,12,14,19-20H,3-6,10-11H2,1-2H3. The summed E-state index contributed by atoms with van der Waals surface area (Å²) in [7, 11) is 0. The van der Waals surface area contributed by atoms with Crippen molar-refractivity contribution < 1.29 is 9.84 Å². The van der Waals surface area contributed by atoms with Crippen LogP contribution < -0.4 is 10.1 Å². The summed E-state index contributed by atoms with van der Waals surface area (Å²) in [5.74, 6) is 0.538. The van der Waals surface area contributed by atoms with Crippen LogP contribution in [0.1, 0.15) is 39.5 Å². The smallest absolute Gasteiger partial charge is 0.138 e. The number of halogens is 2. The molecule has 0 aromatic heterocycles. The van der Waals surface area contributed by atoms with Crippen LogP contribution in [0.25, 0.3) is 0 Å². The summed E-state index contributed by atoms with van der Waals surface area (Å²) >= 11 is 11.8. The summed E-state index contributed by atoms with van der Waals surface area (Å²) in [6.45, 7) is 5.05. The molecule has 21 heavy (non-hydrogen) atoms. The Bertz CT molecular complexity index is 415. The Morgan fingerprint density at radius 1 is 1.29 bits per heavy atom. The third-order valence-electron chi connectivity index (χ3n) is 3.27. The number of benzene rings is 1. The normalized spacial score (nSPS) is 14.0. The lowest BCUT2D eigenvalue weighted by Crippen LogP contribution is -2.36. The van der Waals surface area contributed by atoms with Gasteiger partial charge in [-0.1, -0.05) is 49.4 Å². The van der Waals surface area contributed by atoms with Gasteiger partial charge in [-0.25, -0.2) is 0 Å². The number of aliphatic hydroxyl groups excluding tert-OH is 1. The van der Waals surface area contributed by atoms with Crippen molar-refractivity contribution in [1.29, 1.82) is 0 Å². The van der Waals surface area contributed by atoms with Crippen LogP contribution in [0.3, 0.4) is 0 Å². The molecule has 0 spiro atoms. The first-order valence-electron chi connectivity index (χ1n) is 7.52. The maximum atomic E-state index is 9.92. The molecule has 0 aliphatic rings. The number of aliphatic hydroxyl groups is 1. The Morgan fingerprint density at radius 3 is 2.71 bits per heavy atom. The van der Waals surface area contributed by atoms with E-state index >= 15 is 0 Å². The molecular weight excluding hydrogens is 309 g/mol. The van der Waals surface area contributed by atoms with Gasteiger partial charge in [0.25, 0.3) is 0 Å². The number of rotatable bonds is 10. The van der Waals surface area contributed by atoms with Crippen LogP contribution in [0, 0.1) is 0 Å². The second-order valence-electron chi connectivity index (χ2n) is 5.34. The molecule has 2 N–H and O–H groups in total. The quantitative estimate of drug-likeness (QED) is 0.627. The highest BCUT2D eigenvalue weighted by atomic mass is 35.5. The fourth-order valence-corrected chi connectivity index (χ4v) is 2.44. The van der Waals surface area contributed by atoms with Crippen molar-refractivity contribution in [3.8, 4) is 5.75 Å². The Labute approximate surface area is 137 Å². The Morgan fingerprint density at radius 2 is 2.05 bits per heavy atom. The van der Waals surface area contributed by atoms with Crippen molar-refractivity contribution in [3.63, 3.8) is 0 Å². The minimum Gasteiger partial charge on any atom is -0.489 e. The molecule has 1 aromatic rings. The zero-order valence-electron chi connectivity index (χ0n) is 12.7. The SMILES string of the molecule is CCCCCC(C)NCC(O)COc1ccc(Cl)cc1Cl. The molecule has 0 radical (unpaired) electrons. The van der Waals surface area contributed by atoms with E-state index in [1.54, 1.807) is 18.2 Å². The van der Waals surface area contributed by atoms with Crippen molar-refractivity contribution in [2.24, 2.45) is 0 Å². The molecule has 0 saturated heterocycles. The molecule has 3 nitrogen and oxygen atoms in total. The summed E-state index contributed by atoms with van der Waals surface area (Å²) in [4.78, 5) is 0. The summed E-state index contributed by atoms with van der Waals surface area (Å²) in [5.41, 5.74) is 0. The molecule has 0 aliphatic carbocycles. The first-order chi connectivity index (χ1) is 10.0. The van der Waals surface area contributed by atoms with Crippen LogP contribution in [-0.2, 0) is 0 Å². The second-order valence-corrected chi connectivity index (χ2v) is 6.19. The number of ether oxygens (including phenoxy) is 1. The molecule has 1 aromatic carbocycles. The van der Waals surface area contributed by atoms with Crippen molar-refractivity contribution in [3.05, 3.63) is 28.2 Å². The molecule has 0 heterocycles. The molecule has 1 rings (SSSR count). The van der Waals surface area contributed by atoms with Gasteiger partial charge < -0.3 is 15.2 Å². The molecule has 0 fully saturated rings. The molecule has 0 amide bonds. The van der Waals surface area contributed by atoms with Gasteiger partial charge in [0.1, 0.15) is 18.5 Å². The molecule has 2 atom stereocenters. The second kappa shape index (κ2) is 10.3. The van der Waals surface area contributed by atoms with E-state index in [1.165, 1.54) is 19.3 Å². The van der Waals surface area contributed by atoms with Gasteiger partial charge in [0.15, 0.2) is 0 Å². The monoisotopic (exact) mass is 333 g/mol. The van der Waals surface area contributed by atoms with Gasteiger partial charge in [-0.2, -0.15) is 0 Å². The van der Waals surface area contributed by atoms with Gasteiger partial charge in [-0.05, 0) is 31.5 Å². The lowest BCUT2D eigenvalue weighted by molar-refractivity contribution is 0.104. The fraction of sp³-hybridized carbons (Fsp3) is 0.625. The van der Waals surface area contributed by atoms with E-state index in [4.69, 9.17) is 27.9 Å². The number of nitrogens with one attached hydrogen (secondary N) is 1. The molecule has 0 bridgehead atoms. The average molecular weight is 334 g/mol. The lowest BCUT2D eigenvalue weighted by Gasteiger charge is -2.18. The van der Waals surface area contributed by atoms with Gasteiger partial charge >= 0.3 is 0 Å². The summed E-state index contributed by atoms with van der Waals surface area (Å²) in [6.07, 6.45) is 4.27. The maximum absolute atomic E-state index is 9.92. The van der Waals surface area contributed by atoms with Gasteiger partial charge in [0.05, 0.1) is 5.02 Å². The molecule has 5 heteroatoms. The Hall–Kier alpha value is -0.480. The largest absolute Gasteiger partial charge is 0.489 e. The van der Waals surface area contributed by atoms with E-state index in [-0.39, 0.29) is 6.61 Å². The van der Waals surface area contributed by atoms with Crippen LogP contribution >= 0.6 is 23.2 Å². The van der Waals surface area contributed by atoms with Gasteiger partial charge in [-0.15, -0.1) is 0 Å². The zero-order valence-corrected chi connectivity index (χ0v) is 14.3. The van der Waals surface area contributed by atoms with Crippen LogP contribution in [-0.4, -0.2) is 30.4 Å². The lowest BCUT2D eigenvalue weighted by atomic mass is 10.1. The average Bonchev–Trinajstić information content (AvgIpc) is 2.44. The van der Waals surface area contributed by atoms with Crippen molar-refractivity contribution >= 4 is 23.2 Å². The third kappa shape index (κ3) is 7.91. The topological polar surface area (TPSA) is 41.5 Å². The highest BCUT2D eigenvalue weighted by Crippen LogP contribution is 2.27. The molecular formula is C16H25Cl2NO2. The van der Waals surface area contributed by atoms with E-state index in [0.29, 0.717) is 28.4 Å². The van der Waals surface area contributed by atoms with E-state index < -0.39 is 6.10 Å². The first-order valence-corrected chi connectivity index (χ1v) is 8.27. The highest BCUT2D eigenvalue weighted by molar-refractivity contribution is 6.35. The third-order valence-corrected chi connectivity index (χ3v) is 3.80. The molecule has 0 saturated carbocycles. The fourth-order valence-electron chi connectivity index (χ4n) is 1.98. The zero-order chi connectivity index (χ0) is 15.7. The molecule has 0 aliphatic heterocycles. The minimum absolute atomic E-state index is 0.204. The van der Waals surface area contributed by atoms with Gasteiger partial charge in [0.2, 0.25) is 0 Å². The van der Waals surface area contributed by atoms with Crippen LogP contribution in [0.15, 0.2) is 18.2 Å². The summed E-state index contributed by atoms with van der Waals surface area (Å²) in [6, 6.07) is 5.45. The van der Waals surface area contributed by atoms with E-state index in [2.05, 4.69) is 19.2 Å². The first kappa shape index (κ1) is 18.6. The molecule has 2 unspecified atom stereocenters. The number of hydrogen-bond donors (Lipinski definition) is 2. The number of hydrogen-bond acceptors (Lipinski definition) is 3.